The number of likely N-dealkylation sites (N-methyl/N-ethyl adjacent to an activating group) is 1. The molecule has 4 N–H and O–H groups in total. The van der Waals surface area contributed by atoms with Gasteiger partial charge in [-0.2, -0.15) is 0 Å². The smallest absolute Gasteiger partial charge is 0.251 e. The fourth-order valence-electron chi connectivity index (χ4n) is 5.69. The first kappa shape index (κ1) is 29.8. The van der Waals surface area contributed by atoms with E-state index in [0.717, 1.165) is 0 Å². The van der Waals surface area contributed by atoms with Gasteiger partial charge in [-0.3, -0.25) is 9.79 Å². The van der Waals surface area contributed by atoms with Crippen molar-refractivity contribution >= 4 is 23.6 Å². The van der Waals surface area contributed by atoms with Gasteiger partial charge in [-0.25, -0.2) is 9.97 Å². The quantitative estimate of drug-likeness (QED) is 0.295. The first-order valence-electron chi connectivity index (χ1n) is 14.5. The first-order chi connectivity index (χ1) is 20.3. The Morgan fingerprint density at radius 3 is 2.29 bits per heavy atom. The number of aromatic nitrogens is 2. The maximum absolute atomic E-state index is 12.9. The lowest BCUT2D eigenvalue weighted by Crippen LogP contribution is -2.42. The van der Waals surface area contributed by atoms with Gasteiger partial charge in [0.2, 0.25) is 0 Å². The topological polar surface area (TPSA) is 133 Å². The van der Waals surface area contributed by atoms with Crippen molar-refractivity contribution in [2.45, 2.75) is 76.8 Å². The molecule has 2 fully saturated rings. The third-order valence-corrected chi connectivity index (χ3v) is 7.47. The summed E-state index contributed by atoms with van der Waals surface area (Å²) in [6.07, 6.45) is -0.181. The lowest BCUT2D eigenvalue weighted by molar-refractivity contribution is -0.188. The van der Waals surface area contributed by atoms with Crippen LogP contribution in [0.5, 0.6) is 0 Å². The fraction of sp³-hybridized carbons (Fsp3) is 0.438. The number of nitrogens with zero attached hydrogens (tertiary/aromatic N) is 3. The number of fused-ring (bicyclic) bond motifs is 1. The van der Waals surface area contributed by atoms with Gasteiger partial charge in [0.05, 0.1) is 18.3 Å². The van der Waals surface area contributed by atoms with Crippen molar-refractivity contribution in [1.82, 2.24) is 15.3 Å². The zero-order valence-corrected chi connectivity index (χ0v) is 24.6. The van der Waals surface area contributed by atoms with Gasteiger partial charge in [-0.1, -0.05) is 60.7 Å². The number of aliphatic imine (C=N–C) groups is 1. The van der Waals surface area contributed by atoms with Crippen LogP contribution in [-0.2, 0) is 32.0 Å². The molecule has 4 atom stereocenters. The summed E-state index contributed by atoms with van der Waals surface area (Å²) >= 11 is 0. The fourth-order valence-corrected chi connectivity index (χ4v) is 5.69. The predicted molar refractivity (Wildman–Crippen MR) is 162 cm³/mol. The number of rotatable bonds is 11. The normalized spacial score (nSPS) is 22.9. The molecule has 0 radical (unpaired) electrons. The molecule has 42 heavy (non-hydrogen) atoms. The van der Waals surface area contributed by atoms with Gasteiger partial charge in [0.15, 0.2) is 17.7 Å². The van der Waals surface area contributed by atoms with E-state index in [1.165, 1.54) is 11.1 Å². The molecule has 2 aliphatic rings. The van der Waals surface area contributed by atoms with Crippen LogP contribution in [0.2, 0.25) is 0 Å². The molecule has 1 aromatic heterocycles. The van der Waals surface area contributed by atoms with Crippen LogP contribution in [-0.4, -0.2) is 65.4 Å². The van der Waals surface area contributed by atoms with Crippen molar-refractivity contribution in [3.05, 3.63) is 83.3 Å². The zero-order chi connectivity index (χ0) is 29.7. The zero-order valence-electron chi connectivity index (χ0n) is 24.6. The van der Waals surface area contributed by atoms with Gasteiger partial charge in [-0.05, 0) is 38.8 Å². The Kier molecular flexibility index (Phi) is 9.27. The molecule has 0 aliphatic carbocycles. The second kappa shape index (κ2) is 13.1. The van der Waals surface area contributed by atoms with E-state index in [1.807, 2.05) is 64.1 Å². The van der Waals surface area contributed by atoms with Gasteiger partial charge in [-0.15, -0.1) is 0 Å². The number of ether oxygens (including phenoxy) is 3. The summed E-state index contributed by atoms with van der Waals surface area (Å²) in [6, 6.07) is 20.7. The Bertz CT molecular complexity index is 1350. The van der Waals surface area contributed by atoms with E-state index in [4.69, 9.17) is 29.9 Å². The third-order valence-electron chi connectivity index (χ3n) is 7.47. The van der Waals surface area contributed by atoms with E-state index in [2.05, 4.69) is 39.9 Å². The van der Waals surface area contributed by atoms with Crippen LogP contribution in [0.4, 0.5) is 11.5 Å². The highest BCUT2D eigenvalue weighted by atomic mass is 16.8. The lowest BCUT2D eigenvalue weighted by Gasteiger charge is -2.24. The van der Waals surface area contributed by atoms with Crippen LogP contribution in [0.25, 0.3) is 0 Å². The van der Waals surface area contributed by atoms with E-state index < -0.39 is 30.2 Å². The summed E-state index contributed by atoms with van der Waals surface area (Å²) in [6.45, 7) is 8.65. The average Bonchev–Trinajstić information content (AvgIpc) is 3.48. The summed E-state index contributed by atoms with van der Waals surface area (Å²) < 4.78 is 18.6. The van der Waals surface area contributed by atoms with Crippen LogP contribution < -0.4 is 16.4 Å². The molecule has 222 valence electrons. The van der Waals surface area contributed by atoms with Crippen molar-refractivity contribution in [2.24, 2.45) is 10.7 Å². The molecule has 0 bridgehead atoms. The summed E-state index contributed by atoms with van der Waals surface area (Å²) in [5, 5.41) is 6.41. The highest BCUT2D eigenvalue weighted by molar-refractivity contribution is 5.82. The minimum atomic E-state index is -0.836. The molecule has 0 spiro atoms. The summed E-state index contributed by atoms with van der Waals surface area (Å²) in [5.41, 5.74) is 9.70. The molecule has 0 unspecified atom stereocenters. The number of anilines is 1. The van der Waals surface area contributed by atoms with Crippen molar-refractivity contribution in [1.29, 1.82) is 0 Å². The SMILES string of the molecule is CC=Nc1c(C[C@@H]2O[C@H](C(=O)NCC)[C@H]3OC(C)(C)O[C@H]32)nc(CN)nc1NCC(c1ccccc1)c1ccccc1. The lowest BCUT2D eigenvalue weighted by atomic mass is 9.91. The number of nitrogens with one attached hydrogen (secondary N) is 2. The second-order valence-corrected chi connectivity index (χ2v) is 10.9. The second-order valence-electron chi connectivity index (χ2n) is 10.9. The van der Waals surface area contributed by atoms with E-state index in [1.54, 1.807) is 6.21 Å². The van der Waals surface area contributed by atoms with Crippen LogP contribution in [0.3, 0.4) is 0 Å². The molecule has 1 amide bonds. The van der Waals surface area contributed by atoms with Crippen LogP contribution in [0, 0.1) is 0 Å². The molecule has 10 heteroatoms. The van der Waals surface area contributed by atoms with Gasteiger partial charge in [0.1, 0.15) is 23.7 Å². The van der Waals surface area contributed by atoms with Crippen LogP contribution in [0.1, 0.15) is 56.3 Å². The van der Waals surface area contributed by atoms with Gasteiger partial charge in [0.25, 0.3) is 5.91 Å². The Labute approximate surface area is 247 Å². The van der Waals surface area contributed by atoms with Gasteiger partial charge in [0, 0.05) is 31.6 Å². The molecule has 2 aliphatic heterocycles. The molecule has 5 rings (SSSR count). The maximum atomic E-state index is 12.9. The van der Waals surface area contributed by atoms with E-state index in [0.29, 0.717) is 42.5 Å². The predicted octanol–water partition coefficient (Wildman–Crippen LogP) is 3.87. The van der Waals surface area contributed by atoms with E-state index in [9.17, 15) is 4.79 Å². The van der Waals surface area contributed by atoms with Crippen LogP contribution in [0.15, 0.2) is 65.7 Å². The molecular formula is C32H40N6O4. The molecule has 2 aromatic carbocycles. The number of hydrogen-bond donors (Lipinski definition) is 3. The van der Waals surface area contributed by atoms with Crippen molar-refractivity contribution in [3.63, 3.8) is 0 Å². The number of benzene rings is 2. The highest BCUT2D eigenvalue weighted by Gasteiger charge is 2.57. The Balaban J connectivity index is 1.45. The minimum absolute atomic E-state index is 0.0774. The van der Waals surface area contributed by atoms with Gasteiger partial charge < -0.3 is 30.6 Å². The van der Waals surface area contributed by atoms with Crippen molar-refractivity contribution in [3.8, 4) is 0 Å². The van der Waals surface area contributed by atoms with E-state index in [-0.39, 0.29) is 18.4 Å². The molecular weight excluding hydrogens is 532 g/mol. The Morgan fingerprint density at radius 2 is 1.69 bits per heavy atom. The largest absolute Gasteiger partial charge is 0.367 e. The first-order valence-corrected chi connectivity index (χ1v) is 14.5. The minimum Gasteiger partial charge on any atom is -0.367 e. The number of nitrogens with two attached hydrogens (primary N) is 1. The number of amides is 1. The highest BCUT2D eigenvalue weighted by Crippen LogP contribution is 2.41. The van der Waals surface area contributed by atoms with E-state index >= 15 is 0 Å². The van der Waals surface area contributed by atoms with Crippen molar-refractivity contribution in [2.75, 3.05) is 18.4 Å². The average molecular weight is 573 g/mol. The standard InChI is InChI=1S/C32H40N6O4/c1-5-34-26-23(17-24-27-28(42-32(3,4)41-27)29(40-24)31(39)35-6-2)37-25(18-33)38-30(26)36-19-22(20-13-9-7-10-14-20)21-15-11-8-12-16-21/h5,7-16,22,24,27-29H,6,17-19,33H2,1-4H3,(H,35,39)(H,36,37,38)/t24-,27-,28-,29-/m0/s1. The molecule has 0 saturated carbocycles. The summed E-state index contributed by atoms with van der Waals surface area (Å²) in [4.78, 5) is 27.0. The van der Waals surface area contributed by atoms with Crippen LogP contribution >= 0.6 is 0 Å². The number of hydrogen-bond acceptors (Lipinski definition) is 9. The Hall–Kier alpha value is -3.70. The summed E-state index contributed by atoms with van der Waals surface area (Å²) in [5.74, 6) is 0.0979. The monoisotopic (exact) mass is 572 g/mol. The molecule has 2 saturated heterocycles. The number of carbonyl (C=O) groups excluding carboxylic acids is 1. The maximum Gasteiger partial charge on any atom is 0.251 e. The summed E-state index contributed by atoms with van der Waals surface area (Å²) in [7, 11) is 0. The van der Waals surface area contributed by atoms with Crippen molar-refractivity contribution < 1.29 is 19.0 Å². The third kappa shape index (κ3) is 6.52. The number of carbonyl (C=O) groups is 1. The molecule has 3 aromatic rings. The molecule has 3 heterocycles. The van der Waals surface area contributed by atoms with Gasteiger partial charge >= 0.3 is 0 Å². The molecule has 10 nitrogen and oxygen atoms in total. The Morgan fingerprint density at radius 1 is 1.05 bits per heavy atom.